The Balaban J connectivity index is 1.64. The lowest BCUT2D eigenvalue weighted by Gasteiger charge is -2.36. The number of anilines is 1. The lowest BCUT2D eigenvalue weighted by Crippen LogP contribution is -2.46. The Hall–Kier alpha value is -3.04. The number of hydrogen-bond donors (Lipinski definition) is 1. The van der Waals surface area contributed by atoms with Gasteiger partial charge in [-0.25, -0.2) is 8.78 Å². The van der Waals surface area contributed by atoms with Crippen LogP contribution in [0, 0.1) is 23.5 Å². The minimum absolute atomic E-state index is 0.0155. The van der Waals surface area contributed by atoms with Crippen molar-refractivity contribution in [3.05, 3.63) is 59.2 Å². The second-order valence-electron chi connectivity index (χ2n) is 10.2. The van der Waals surface area contributed by atoms with E-state index in [9.17, 15) is 18.4 Å². The van der Waals surface area contributed by atoms with Crippen molar-refractivity contribution in [1.29, 1.82) is 0 Å². The van der Waals surface area contributed by atoms with Crippen LogP contribution in [0.2, 0.25) is 0 Å². The van der Waals surface area contributed by atoms with Crippen LogP contribution in [0.3, 0.4) is 0 Å². The molecule has 0 aromatic heterocycles. The van der Waals surface area contributed by atoms with Gasteiger partial charge in [-0.15, -0.1) is 0 Å². The quantitative estimate of drug-likeness (QED) is 0.642. The molecule has 7 nitrogen and oxygen atoms in total. The molecule has 2 aromatic rings. The summed E-state index contributed by atoms with van der Waals surface area (Å²) in [5.41, 5.74) is 1.20. The molecule has 1 aliphatic carbocycles. The Kier molecular flexibility index (Phi) is 8.44. The van der Waals surface area contributed by atoms with E-state index in [-0.39, 0.29) is 54.5 Å². The molecule has 1 saturated carbocycles. The van der Waals surface area contributed by atoms with Gasteiger partial charge in [0.2, 0.25) is 5.91 Å². The van der Waals surface area contributed by atoms with E-state index in [1.54, 1.807) is 37.3 Å². The summed E-state index contributed by atoms with van der Waals surface area (Å²) >= 11 is 0. The Morgan fingerprint density at radius 2 is 1.89 bits per heavy atom. The average molecular weight is 516 g/mol. The Labute approximate surface area is 216 Å². The minimum atomic E-state index is -0.493. The fraction of sp³-hybridized carbons (Fsp3) is 0.500. The molecule has 200 valence electrons. The zero-order valence-electron chi connectivity index (χ0n) is 21.8. The van der Waals surface area contributed by atoms with Gasteiger partial charge in [-0.05, 0) is 56.0 Å². The number of ether oxygens (including phenoxy) is 2. The lowest BCUT2D eigenvalue weighted by atomic mass is 10.0. The fourth-order valence-corrected chi connectivity index (χ4v) is 4.62. The van der Waals surface area contributed by atoms with Crippen LogP contribution in [0.25, 0.3) is 0 Å². The van der Waals surface area contributed by atoms with E-state index in [0.717, 1.165) is 25.0 Å². The zero-order valence-corrected chi connectivity index (χ0v) is 21.8. The highest BCUT2D eigenvalue weighted by Gasteiger charge is 2.31. The lowest BCUT2D eigenvalue weighted by molar-refractivity contribution is -0.117. The summed E-state index contributed by atoms with van der Waals surface area (Å²) in [7, 11) is 3.32. The van der Waals surface area contributed by atoms with Gasteiger partial charge in [0.05, 0.1) is 11.7 Å². The van der Waals surface area contributed by atoms with Crippen LogP contribution in [-0.2, 0) is 16.1 Å². The molecule has 2 amide bonds. The van der Waals surface area contributed by atoms with Crippen molar-refractivity contribution >= 4 is 17.5 Å². The van der Waals surface area contributed by atoms with E-state index in [4.69, 9.17) is 9.47 Å². The van der Waals surface area contributed by atoms with Crippen LogP contribution in [0.5, 0.6) is 5.75 Å². The molecule has 0 spiro atoms. The highest BCUT2D eigenvalue weighted by Crippen LogP contribution is 2.32. The van der Waals surface area contributed by atoms with Crippen molar-refractivity contribution in [1.82, 2.24) is 9.80 Å². The largest absolute Gasteiger partial charge is 0.491 e. The molecule has 1 fully saturated rings. The first kappa shape index (κ1) is 27.0. The second-order valence-corrected chi connectivity index (χ2v) is 10.2. The molecule has 0 unspecified atom stereocenters. The number of benzene rings is 2. The summed E-state index contributed by atoms with van der Waals surface area (Å²) < 4.78 is 40.3. The van der Waals surface area contributed by atoms with Gasteiger partial charge in [-0.1, -0.05) is 6.92 Å². The van der Waals surface area contributed by atoms with Crippen LogP contribution < -0.4 is 10.1 Å². The van der Waals surface area contributed by atoms with Crippen LogP contribution in [0.4, 0.5) is 14.5 Å². The third-order valence-corrected chi connectivity index (χ3v) is 7.17. The van der Waals surface area contributed by atoms with E-state index in [2.05, 4.69) is 5.32 Å². The maximum Gasteiger partial charge on any atom is 0.257 e. The van der Waals surface area contributed by atoms with Crippen molar-refractivity contribution in [3.8, 4) is 5.75 Å². The molecular weight excluding hydrogens is 480 g/mol. The van der Waals surface area contributed by atoms with Crippen LogP contribution in [-0.4, -0.2) is 67.6 Å². The average Bonchev–Trinajstić information content (AvgIpc) is 3.72. The molecule has 2 aromatic carbocycles. The van der Waals surface area contributed by atoms with Crippen LogP contribution >= 0.6 is 0 Å². The number of likely N-dealkylation sites (N-methyl/N-ethyl adjacent to an activating group) is 1. The molecule has 9 heteroatoms. The molecular formula is C28H35F2N3O4. The summed E-state index contributed by atoms with van der Waals surface area (Å²) in [4.78, 5) is 29.3. The Morgan fingerprint density at radius 3 is 2.59 bits per heavy atom. The van der Waals surface area contributed by atoms with Crippen molar-refractivity contribution in [2.24, 2.45) is 11.8 Å². The van der Waals surface area contributed by atoms with E-state index in [1.165, 1.54) is 6.07 Å². The van der Waals surface area contributed by atoms with Crippen molar-refractivity contribution in [2.45, 2.75) is 45.4 Å². The maximum atomic E-state index is 14.5. The van der Waals surface area contributed by atoms with Crippen LogP contribution in [0.1, 0.15) is 42.6 Å². The number of carbonyl (C=O) groups excluding carboxylic acids is 2. The van der Waals surface area contributed by atoms with Crippen molar-refractivity contribution in [3.63, 3.8) is 0 Å². The van der Waals surface area contributed by atoms with Crippen molar-refractivity contribution in [2.75, 3.05) is 39.2 Å². The van der Waals surface area contributed by atoms with Gasteiger partial charge in [0.1, 0.15) is 24.0 Å². The van der Waals surface area contributed by atoms with Gasteiger partial charge in [0, 0.05) is 63.1 Å². The van der Waals surface area contributed by atoms with Gasteiger partial charge >= 0.3 is 0 Å². The van der Waals surface area contributed by atoms with Gasteiger partial charge in [-0.3, -0.25) is 14.5 Å². The number of fused-ring (bicyclic) bond motifs is 1. The van der Waals surface area contributed by atoms with E-state index >= 15 is 0 Å². The van der Waals surface area contributed by atoms with Crippen LogP contribution in [0.15, 0.2) is 36.4 Å². The standard InChI is InChI=1S/C28H35F2N3O4/c1-17-13-33(14-20-11-21(29)7-10-24(20)30)18(2)16-37-25-12-22(31-27(34)19-5-6-19)8-9-23(25)28(35)32(3)15-26(17)36-4/h7-12,17-19,26H,5-6,13-16H2,1-4H3,(H,31,34)/t17-,18+,26+/m1/s1. The van der Waals surface area contributed by atoms with Gasteiger partial charge in [0.15, 0.2) is 0 Å². The second kappa shape index (κ2) is 11.6. The molecule has 2 aliphatic rings. The number of carbonyl (C=O) groups is 2. The van der Waals surface area contributed by atoms with Crippen molar-refractivity contribution < 1.29 is 27.8 Å². The molecule has 0 radical (unpaired) electrons. The summed E-state index contributed by atoms with van der Waals surface area (Å²) in [5, 5.41) is 2.90. The molecule has 1 N–H and O–H groups in total. The van der Waals surface area contributed by atoms with Gasteiger partial charge < -0.3 is 19.7 Å². The topological polar surface area (TPSA) is 71.1 Å². The number of methoxy groups -OCH3 is 1. The number of nitrogens with one attached hydrogen (secondary N) is 1. The number of rotatable bonds is 5. The third-order valence-electron chi connectivity index (χ3n) is 7.17. The molecule has 37 heavy (non-hydrogen) atoms. The van der Waals surface area contributed by atoms with E-state index < -0.39 is 11.6 Å². The fourth-order valence-electron chi connectivity index (χ4n) is 4.62. The first-order chi connectivity index (χ1) is 17.7. The SMILES string of the molecule is CO[C@H]1CN(C)C(=O)c2ccc(NC(=O)C3CC3)cc2OC[C@H](C)N(Cc2cc(F)ccc2F)C[C@H]1C. The summed E-state index contributed by atoms with van der Waals surface area (Å²) in [6.45, 7) is 5.21. The molecule has 0 bridgehead atoms. The number of hydrogen-bond acceptors (Lipinski definition) is 5. The Morgan fingerprint density at radius 1 is 1.14 bits per heavy atom. The number of amides is 2. The molecule has 0 saturated heterocycles. The molecule has 4 rings (SSSR count). The highest BCUT2D eigenvalue weighted by atomic mass is 19.1. The predicted octanol–water partition coefficient (Wildman–Crippen LogP) is 4.32. The number of nitrogens with zero attached hydrogens (tertiary/aromatic N) is 2. The maximum absolute atomic E-state index is 14.5. The van der Waals surface area contributed by atoms with E-state index in [0.29, 0.717) is 30.1 Å². The van der Waals surface area contributed by atoms with Gasteiger partial charge in [0.25, 0.3) is 5.91 Å². The predicted molar refractivity (Wildman–Crippen MR) is 136 cm³/mol. The third kappa shape index (κ3) is 6.64. The number of halogens is 2. The highest BCUT2D eigenvalue weighted by molar-refractivity contribution is 5.99. The molecule has 1 heterocycles. The molecule has 1 aliphatic heterocycles. The normalized spacial score (nSPS) is 23.5. The van der Waals surface area contributed by atoms with Gasteiger partial charge in [-0.2, -0.15) is 0 Å². The van der Waals surface area contributed by atoms with E-state index in [1.807, 2.05) is 18.7 Å². The summed E-state index contributed by atoms with van der Waals surface area (Å²) in [6.07, 6.45) is 1.49. The summed E-state index contributed by atoms with van der Waals surface area (Å²) in [5.74, 6) is -0.827. The summed E-state index contributed by atoms with van der Waals surface area (Å²) in [6, 6.07) is 8.30. The first-order valence-electron chi connectivity index (χ1n) is 12.7. The monoisotopic (exact) mass is 515 g/mol. The Bertz CT molecular complexity index is 1140. The molecule has 3 atom stereocenters. The first-order valence-corrected chi connectivity index (χ1v) is 12.7. The smallest absolute Gasteiger partial charge is 0.257 e. The zero-order chi connectivity index (χ0) is 26.7. The minimum Gasteiger partial charge on any atom is -0.491 e.